The second-order valence-corrected chi connectivity index (χ2v) is 10.0. The van der Waals surface area contributed by atoms with E-state index in [0.717, 1.165) is 34.6 Å². The number of hydrogen-bond donors (Lipinski definition) is 0. The van der Waals surface area contributed by atoms with Gasteiger partial charge in [-0.3, -0.25) is 0 Å². The smallest absolute Gasteiger partial charge is 0.339 e. The summed E-state index contributed by atoms with van der Waals surface area (Å²) in [4.78, 5) is 12.8. The number of esters is 1. The van der Waals surface area contributed by atoms with Crippen molar-refractivity contribution in [3.05, 3.63) is 94.5 Å². The molecule has 0 bridgehead atoms. The average molecular weight is 439 g/mol. The first-order valence-corrected chi connectivity index (χ1v) is 12.6. The summed E-state index contributed by atoms with van der Waals surface area (Å²) in [5, 5.41) is 0. The van der Waals surface area contributed by atoms with Crippen LogP contribution in [0, 0.1) is 12.8 Å². The van der Waals surface area contributed by atoms with Crippen LogP contribution >= 0.6 is 0 Å². The maximum Gasteiger partial charge on any atom is 0.339 e. The van der Waals surface area contributed by atoms with E-state index in [1.807, 2.05) is 6.07 Å². The van der Waals surface area contributed by atoms with Gasteiger partial charge in [0, 0.05) is 6.42 Å². The highest BCUT2D eigenvalue weighted by atomic mass is 16.5. The molecule has 1 unspecified atom stereocenters. The molecule has 0 aromatic heterocycles. The quantitative estimate of drug-likeness (QED) is 0.375. The van der Waals surface area contributed by atoms with Gasteiger partial charge in [-0.05, 0) is 78.3 Å². The van der Waals surface area contributed by atoms with Crippen molar-refractivity contribution in [1.29, 1.82) is 0 Å². The summed E-state index contributed by atoms with van der Waals surface area (Å²) in [6, 6.07) is 23.6. The van der Waals surface area contributed by atoms with Gasteiger partial charge in [0.05, 0.1) is 5.56 Å². The molecule has 0 amide bonds. The molecule has 0 N–H and O–H groups in total. The standard InChI is InChI=1S/C31H34O2/c1-3-4-22-7-11-23(12-8-22)24-13-15-25(16-14-24)27-17-18-28-20-30(33-31(32)29(28)19-27)26-9-5-21(2)6-10-26/h5-6,9-10,13-19,22-23,30H,3-4,7-8,11-12,20H2,1-2H3. The van der Waals surface area contributed by atoms with E-state index in [1.165, 1.54) is 49.7 Å². The predicted octanol–water partition coefficient (Wildman–Crippen LogP) is 8.19. The fourth-order valence-corrected chi connectivity index (χ4v) is 5.67. The zero-order valence-corrected chi connectivity index (χ0v) is 19.8. The Labute approximate surface area is 198 Å². The summed E-state index contributed by atoms with van der Waals surface area (Å²) in [6.45, 7) is 4.37. The maximum atomic E-state index is 12.8. The Morgan fingerprint density at radius 2 is 1.48 bits per heavy atom. The van der Waals surface area contributed by atoms with Gasteiger partial charge in [-0.2, -0.15) is 0 Å². The average Bonchev–Trinajstić information content (AvgIpc) is 2.85. The molecule has 1 atom stereocenters. The first kappa shape index (κ1) is 21.9. The fraction of sp³-hybridized carbons (Fsp3) is 0.387. The molecule has 2 nitrogen and oxygen atoms in total. The summed E-state index contributed by atoms with van der Waals surface area (Å²) >= 11 is 0. The monoisotopic (exact) mass is 438 g/mol. The van der Waals surface area contributed by atoms with Crippen LogP contribution < -0.4 is 0 Å². The molecule has 1 aliphatic heterocycles. The molecule has 170 valence electrons. The molecule has 0 saturated heterocycles. The Kier molecular flexibility index (Phi) is 6.35. The van der Waals surface area contributed by atoms with Crippen LogP contribution in [0.5, 0.6) is 0 Å². The Balaban J connectivity index is 1.30. The van der Waals surface area contributed by atoms with Crippen molar-refractivity contribution in [2.75, 3.05) is 0 Å². The number of hydrogen-bond acceptors (Lipinski definition) is 2. The highest BCUT2D eigenvalue weighted by Crippen LogP contribution is 2.38. The molecule has 1 heterocycles. The Hall–Kier alpha value is -2.87. The third kappa shape index (κ3) is 4.76. The molecule has 0 radical (unpaired) electrons. The van der Waals surface area contributed by atoms with Gasteiger partial charge < -0.3 is 4.74 Å². The summed E-state index contributed by atoms with van der Waals surface area (Å²) in [7, 11) is 0. The van der Waals surface area contributed by atoms with Gasteiger partial charge in [0.25, 0.3) is 0 Å². The van der Waals surface area contributed by atoms with Crippen LogP contribution in [-0.2, 0) is 11.2 Å². The van der Waals surface area contributed by atoms with Gasteiger partial charge >= 0.3 is 5.97 Å². The topological polar surface area (TPSA) is 26.3 Å². The van der Waals surface area contributed by atoms with E-state index in [9.17, 15) is 4.79 Å². The summed E-state index contributed by atoms with van der Waals surface area (Å²) in [5.41, 5.74) is 7.75. The van der Waals surface area contributed by atoms with Crippen molar-refractivity contribution < 1.29 is 9.53 Å². The van der Waals surface area contributed by atoms with E-state index >= 15 is 0 Å². The first-order chi connectivity index (χ1) is 16.1. The molecule has 1 fully saturated rings. The second-order valence-electron chi connectivity index (χ2n) is 10.0. The number of rotatable bonds is 5. The van der Waals surface area contributed by atoms with Crippen molar-refractivity contribution >= 4 is 5.97 Å². The summed E-state index contributed by atoms with van der Waals surface area (Å²) < 4.78 is 5.82. The van der Waals surface area contributed by atoms with Gasteiger partial charge in [-0.25, -0.2) is 4.79 Å². The molecule has 1 saturated carbocycles. The van der Waals surface area contributed by atoms with Crippen molar-refractivity contribution in [2.45, 2.75) is 70.8 Å². The van der Waals surface area contributed by atoms with Crippen molar-refractivity contribution in [3.63, 3.8) is 0 Å². The lowest BCUT2D eigenvalue weighted by atomic mass is 9.77. The number of cyclic esters (lactones) is 1. The van der Waals surface area contributed by atoms with Gasteiger partial charge in [-0.15, -0.1) is 0 Å². The molecule has 0 spiro atoms. The van der Waals surface area contributed by atoms with Crippen LogP contribution in [-0.4, -0.2) is 5.97 Å². The number of aryl methyl sites for hydroxylation is 1. The molecule has 3 aromatic rings. The number of carbonyl (C=O) groups excluding carboxylic acids is 1. The minimum absolute atomic E-state index is 0.205. The highest BCUT2D eigenvalue weighted by molar-refractivity contribution is 5.94. The normalized spacial score (nSPS) is 22.5. The van der Waals surface area contributed by atoms with Crippen LogP contribution in [0.4, 0.5) is 0 Å². The van der Waals surface area contributed by atoms with Crippen LogP contribution in [0.3, 0.4) is 0 Å². The van der Waals surface area contributed by atoms with E-state index in [0.29, 0.717) is 11.5 Å². The molecule has 5 rings (SSSR count). The lowest BCUT2D eigenvalue weighted by Crippen LogP contribution is -2.21. The van der Waals surface area contributed by atoms with E-state index in [1.54, 1.807) is 0 Å². The maximum absolute atomic E-state index is 12.8. The lowest BCUT2D eigenvalue weighted by Gasteiger charge is -2.28. The molecular formula is C31H34O2. The minimum Gasteiger partial charge on any atom is -0.454 e. The van der Waals surface area contributed by atoms with Crippen LogP contribution in [0.2, 0.25) is 0 Å². The van der Waals surface area contributed by atoms with Crippen molar-refractivity contribution in [3.8, 4) is 11.1 Å². The third-order valence-electron chi connectivity index (χ3n) is 7.69. The highest BCUT2D eigenvalue weighted by Gasteiger charge is 2.28. The number of ether oxygens (including phenoxy) is 1. The number of benzene rings is 3. The zero-order chi connectivity index (χ0) is 22.8. The van der Waals surface area contributed by atoms with E-state index in [4.69, 9.17) is 4.74 Å². The summed E-state index contributed by atoms with van der Waals surface area (Å²) in [5.74, 6) is 1.42. The van der Waals surface area contributed by atoms with Gasteiger partial charge in [0.2, 0.25) is 0 Å². The van der Waals surface area contributed by atoms with Crippen molar-refractivity contribution in [2.24, 2.45) is 5.92 Å². The van der Waals surface area contributed by atoms with Crippen molar-refractivity contribution in [1.82, 2.24) is 0 Å². The van der Waals surface area contributed by atoms with Crippen LogP contribution in [0.1, 0.15) is 90.1 Å². The number of carbonyl (C=O) groups is 1. The van der Waals surface area contributed by atoms with Gasteiger partial charge in [0.15, 0.2) is 0 Å². The molecule has 2 aliphatic rings. The molecule has 33 heavy (non-hydrogen) atoms. The van der Waals surface area contributed by atoms with Crippen LogP contribution in [0.15, 0.2) is 66.7 Å². The van der Waals surface area contributed by atoms with E-state index in [-0.39, 0.29) is 12.1 Å². The SMILES string of the molecule is CCCC1CCC(c2ccc(-c3ccc4c(c3)C(=O)OC(c3ccc(C)cc3)C4)cc2)CC1. The third-order valence-corrected chi connectivity index (χ3v) is 7.69. The summed E-state index contributed by atoms with van der Waals surface area (Å²) in [6.07, 6.45) is 8.59. The number of fused-ring (bicyclic) bond motifs is 1. The molecule has 3 aromatic carbocycles. The van der Waals surface area contributed by atoms with Gasteiger partial charge in [-0.1, -0.05) is 86.0 Å². The Morgan fingerprint density at radius 3 is 2.18 bits per heavy atom. The lowest BCUT2D eigenvalue weighted by molar-refractivity contribution is 0.0253. The van der Waals surface area contributed by atoms with Gasteiger partial charge in [0.1, 0.15) is 6.10 Å². The molecule has 1 aliphatic carbocycles. The Morgan fingerprint density at radius 1 is 0.818 bits per heavy atom. The van der Waals surface area contributed by atoms with E-state index < -0.39 is 0 Å². The second kappa shape index (κ2) is 9.55. The first-order valence-electron chi connectivity index (χ1n) is 12.6. The Bertz CT molecular complexity index is 1100. The van der Waals surface area contributed by atoms with E-state index in [2.05, 4.69) is 74.5 Å². The molecular weight excluding hydrogens is 404 g/mol. The minimum atomic E-state index is -0.218. The van der Waals surface area contributed by atoms with Crippen LogP contribution in [0.25, 0.3) is 11.1 Å². The molecule has 2 heteroatoms. The predicted molar refractivity (Wildman–Crippen MR) is 135 cm³/mol. The fourth-order valence-electron chi connectivity index (χ4n) is 5.67. The largest absolute Gasteiger partial charge is 0.454 e. The zero-order valence-electron chi connectivity index (χ0n) is 19.8.